The van der Waals surface area contributed by atoms with E-state index < -0.39 is 29.7 Å². The molecule has 0 aliphatic carbocycles. The van der Waals surface area contributed by atoms with E-state index in [0.717, 1.165) is 0 Å². The Balaban J connectivity index is 2.29. The number of nitrogens with zero attached hydrogens (tertiary/aromatic N) is 2. The molecule has 2 N–H and O–H groups in total. The quantitative estimate of drug-likeness (QED) is 0.911. The third-order valence-corrected chi connectivity index (χ3v) is 3.16. The lowest BCUT2D eigenvalue weighted by atomic mass is 9.84. The maximum Gasteiger partial charge on any atom is 0.471 e. The fraction of sp³-hybridized carbons (Fsp3) is 0.400. The molecule has 0 bridgehead atoms. The second kappa shape index (κ2) is 6.14. The molecule has 0 spiro atoms. The molecule has 1 atom stereocenters. The van der Waals surface area contributed by atoms with Crippen molar-refractivity contribution in [1.82, 2.24) is 10.1 Å². The Morgan fingerprint density at radius 3 is 2.21 bits per heavy atom. The van der Waals surface area contributed by atoms with Gasteiger partial charge in [0.2, 0.25) is 5.82 Å². The lowest BCUT2D eigenvalue weighted by Gasteiger charge is -2.30. The van der Waals surface area contributed by atoms with Gasteiger partial charge in [-0.1, -0.05) is 50.2 Å². The van der Waals surface area contributed by atoms with Crippen molar-refractivity contribution in [3.8, 4) is 11.4 Å². The highest BCUT2D eigenvalue weighted by molar-refractivity contribution is 5.65. The van der Waals surface area contributed by atoms with E-state index in [2.05, 4.69) is 14.7 Å². The highest BCUT2D eigenvalue weighted by Gasteiger charge is 2.38. The molecule has 2 aromatic rings. The zero-order valence-electron chi connectivity index (χ0n) is 13.2. The van der Waals surface area contributed by atoms with Crippen molar-refractivity contribution in [1.29, 1.82) is 0 Å². The SMILES string of the molecule is CC(C)(C)C(OC(N)=O)c1ccc(-c2noc(C(F)(F)F)n2)cc1. The van der Waals surface area contributed by atoms with Crippen molar-refractivity contribution in [2.45, 2.75) is 33.1 Å². The number of aromatic nitrogens is 2. The fourth-order valence-electron chi connectivity index (χ4n) is 2.12. The van der Waals surface area contributed by atoms with Gasteiger partial charge in [-0.2, -0.15) is 18.2 Å². The number of carbonyl (C=O) groups excluding carboxylic acids is 1. The molecule has 0 aliphatic rings. The Kier molecular flexibility index (Phi) is 4.54. The first-order chi connectivity index (χ1) is 11.0. The van der Waals surface area contributed by atoms with Crippen LogP contribution in [0, 0.1) is 5.41 Å². The molecule has 1 unspecified atom stereocenters. The van der Waals surface area contributed by atoms with Crippen LogP contribution in [-0.4, -0.2) is 16.2 Å². The van der Waals surface area contributed by atoms with E-state index in [4.69, 9.17) is 10.5 Å². The predicted octanol–water partition coefficient (Wildman–Crippen LogP) is 3.94. The molecule has 9 heteroatoms. The molecule has 1 aromatic heterocycles. The third-order valence-electron chi connectivity index (χ3n) is 3.16. The molecule has 2 rings (SSSR count). The summed E-state index contributed by atoms with van der Waals surface area (Å²) in [5.74, 6) is -1.59. The molecule has 6 nitrogen and oxygen atoms in total. The molecule has 0 radical (unpaired) electrons. The second-order valence-corrected chi connectivity index (χ2v) is 6.23. The van der Waals surface area contributed by atoms with Gasteiger partial charge in [-0.25, -0.2) is 4.79 Å². The molecular weight excluding hydrogens is 327 g/mol. The first-order valence-electron chi connectivity index (χ1n) is 6.96. The molecule has 1 aromatic carbocycles. The largest absolute Gasteiger partial charge is 0.471 e. The Bertz CT molecular complexity index is 718. The number of amides is 1. The summed E-state index contributed by atoms with van der Waals surface area (Å²) < 4.78 is 46.8. The maximum atomic E-state index is 12.5. The van der Waals surface area contributed by atoms with E-state index in [9.17, 15) is 18.0 Å². The molecule has 0 saturated heterocycles. The van der Waals surface area contributed by atoms with Gasteiger partial charge in [0, 0.05) is 11.0 Å². The van der Waals surface area contributed by atoms with Crippen molar-refractivity contribution in [3.63, 3.8) is 0 Å². The van der Waals surface area contributed by atoms with Crippen LogP contribution in [0.25, 0.3) is 11.4 Å². The molecule has 24 heavy (non-hydrogen) atoms. The van der Waals surface area contributed by atoms with Gasteiger partial charge in [-0.05, 0) is 5.56 Å². The van der Waals surface area contributed by atoms with Crippen molar-refractivity contribution in [3.05, 3.63) is 35.7 Å². The minimum atomic E-state index is -4.70. The van der Waals surface area contributed by atoms with Crippen molar-refractivity contribution >= 4 is 6.09 Å². The van der Waals surface area contributed by atoms with Crippen molar-refractivity contribution in [2.75, 3.05) is 0 Å². The van der Waals surface area contributed by atoms with E-state index >= 15 is 0 Å². The van der Waals surface area contributed by atoms with Gasteiger partial charge in [0.05, 0.1) is 0 Å². The van der Waals surface area contributed by atoms with Crippen LogP contribution < -0.4 is 5.73 Å². The van der Waals surface area contributed by atoms with Gasteiger partial charge in [-0.15, -0.1) is 0 Å². The summed E-state index contributed by atoms with van der Waals surface area (Å²) in [7, 11) is 0. The van der Waals surface area contributed by atoms with Crippen LogP contribution in [0.1, 0.15) is 38.3 Å². The number of hydrogen-bond acceptors (Lipinski definition) is 5. The summed E-state index contributed by atoms with van der Waals surface area (Å²) in [5.41, 5.74) is 5.65. The van der Waals surface area contributed by atoms with Crippen LogP contribution in [0.4, 0.5) is 18.0 Å². The average molecular weight is 343 g/mol. The van der Waals surface area contributed by atoms with E-state index in [-0.39, 0.29) is 5.82 Å². The maximum absolute atomic E-state index is 12.5. The minimum Gasteiger partial charge on any atom is -0.441 e. The molecule has 130 valence electrons. The average Bonchev–Trinajstić information content (AvgIpc) is 2.93. The Morgan fingerprint density at radius 1 is 1.21 bits per heavy atom. The summed E-state index contributed by atoms with van der Waals surface area (Å²) in [4.78, 5) is 14.4. The molecular formula is C15H16F3N3O3. The number of benzene rings is 1. The number of nitrogens with two attached hydrogens (primary N) is 1. The number of alkyl halides is 3. The van der Waals surface area contributed by atoms with Gasteiger partial charge in [0.25, 0.3) is 0 Å². The lowest BCUT2D eigenvalue weighted by Crippen LogP contribution is -2.26. The monoisotopic (exact) mass is 343 g/mol. The van der Waals surface area contributed by atoms with Crippen LogP contribution in [0.15, 0.2) is 28.8 Å². The number of rotatable bonds is 3. The first kappa shape index (κ1) is 17.8. The van der Waals surface area contributed by atoms with Crippen LogP contribution in [0.5, 0.6) is 0 Å². The predicted molar refractivity (Wildman–Crippen MR) is 77.6 cm³/mol. The first-order valence-corrected chi connectivity index (χ1v) is 6.96. The molecule has 0 saturated carbocycles. The van der Waals surface area contributed by atoms with Crippen molar-refractivity contribution < 1.29 is 27.2 Å². The summed E-state index contributed by atoms with van der Waals surface area (Å²) in [5, 5.41) is 3.31. The van der Waals surface area contributed by atoms with E-state index in [1.807, 2.05) is 20.8 Å². The van der Waals surface area contributed by atoms with E-state index in [1.54, 1.807) is 12.1 Å². The number of hydrogen-bond donors (Lipinski definition) is 1. The number of primary amides is 1. The van der Waals surface area contributed by atoms with Gasteiger partial charge in [-0.3, -0.25) is 0 Å². The summed E-state index contributed by atoms with van der Waals surface area (Å²) in [6, 6.07) is 6.25. The van der Waals surface area contributed by atoms with E-state index in [0.29, 0.717) is 11.1 Å². The molecule has 1 heterocycles. The topological polar surface area (TPSA) is 91.2 Å². The van der Waals surface area contributed by atoms with E-state index in [1.165, 1.54) is 12.1 Å². The van der Waals surface area contributed by atoms with Crippen LogP contribution >= 0.6 is 0 Å². The molecule has 0 fully saturated rings. The molecule has 1 amide bonds. The zero-order valence-corrected chi connectivity index (χ0v) is 13.2. The Morgan fingerprint density at radius 2 is 1.79 bits per heavy atom. The third kappa shape index (κ3) is 4.03. The Hall–Kier alpha value is -2.58. The van der Waals surface area contributed by atoms with Gasteiger partial charge < -0.3 is 15.0 Å². The summed E-state index contributed by atoms with van der Waals surface area (Å²) >= 11 is 0. The minimum absolute atomic E-state index is 0.183. The van der Waals surface area contributed by atoms with Crippen LogP contribution in [0.2, 0.25) is 0 Å². The van der Waals surface area contributed by atoms with Gasteiger partial charge in [0.1, 0.15) is 6.10 Å². The lowest BCUT2D eigenvalue weighted by molar-refractivity contribution is -0.159. The standard InChI is InChI=1S/C15H16F3N3O3/c1-14(2,3)10(23-13(19)22)8-4-6-9(7-5-8)11-20-12(24-21-11)15(16,17)18/h4-7,10H,1-3H3,(H2,19,22). The smallest absolute Gasteiger partial charge is 0.441 e. The summed E-state index contributed by atoms with van der Waals surface area (Å²) in [6.07, 6.45) is -6.22. The normalized spacial score (nSPS) is 13.6. The van der Waals surface area contributed by atoms with Crippen LogP contribution in [-0.2, 0) is 10.9 Å². The highest BCUT2D eigenvalue weighted by Crippen LogP contribution is 2.37. The summed E-state index contributed by atoms with van der Waals surface area (Å²) in [6.45, 7) is 5.59. The Labute approximate surface area is 135 Å². The zero-order chi connectivity index (χ0) is 18.1. The van der Waals surface area contributed by atoms with Gasteiger partial charge >= 0.3 is 18.2 Å². The number of halogens is 3. The highest BCUT2D eigenvalue weighted by atomic mass is 19.4. The number of ether oxygens (including phenoxy) is 1. The second-order valence-electron chi connectivity index (χ2n) is 6.23. The van der Waals surface area contributed by atoms with Crippen LogP contribution in [0.3, 0.4) is 0 Å². The number of carbonyl (C=O) groups is 1. The molecule has 0 aliphatic heterocycles. The van der Waals surface area contributed by atoms with Gasteiger partial charge in [0.15, 0.2) is 0 Å². The van der Waals surface area contributed by atoms with Crippen molar-refractivity contribution in [2.24, 2.45) is 11.1 Å². The fourth-order valence-corrected chi connectivity index (χ4v) is 2.12.